The van der Waals surface area contributed by atoms with Crippen LogP contribution in [0.1, 0.15) is 18.3 Å². The Hall–Kier alpha value is -4.10. The smallest absolute Gasteiger partial charge is 0.262 e. The number of amides is 1. The van der Waals surface area contributed by atoms with Crippen LogP contribution in [0.15, 0.2) is 77.6 Å². The largest absolute Gasteiger partial charge is 0.490 e. The molecule has 3 aromatic carbocycles. The normalized spacial score (nSPS) is 11.3. The molecule has 1 heterocycles. The minimum absolute atomic E-state index is 0.173. The van der Waals surface area contributed by atoms with Gasteiger partial charge in [0.15, 0.2) is 23.9 Å². The molecule has 0 spiro atoms. The van der Waals surface area contributed by atoms with Crippen molar-refractivity contribution in [2.24, 2.45) is 0 Å². The molecule has 0 aliphatic carbocycles. The van der Waals surface area contributed by atoms with E-state index in [-0.39, 0.29) is 28.9 Å². The summed E-state index contributed by atoms with van der Waals surface area (Å²) in [7, 11) is 0. The maximum Gasteiger partial charge on any atom is 0.262 e. The summed E-state index contributed by atoms with van der Waals surface area (Å²) in [6, 6.07) is 21.4. The zero-order chi connectivity index (χ0) is 23.9. The Balaban J connectivity index is 1.52. The summed E-state index contributed by atoms with van der Waals surface area (Å²) in [6.45, 7) is 2.09. The molecule has 0 fully saturated rings. The summed E-state index contributed by atoms with van der Waals surface area (Å²) < 4.78 is 11.4. The zero-order valence-corrected chi connectivity index (χ0v) is 19.1. The molecule has 4 aromatic rings. The summed E-state index contributed by atoms with van der Waals surface area (Å²) in [5, 5.41) is 3.53. The molecule has 7 nitrogen and oxygen atoms in total. The Morgan fingerprint density at radius 2 is 1.79 bits per heavy atom. The van der Waals surface area contributed by atoms with Crippen LogP contribution in [0.25, 0.3) is 22.0 Å². The van der Waals surface area contributed by atoms with Gasteiger partial charge in [-0.25, -0.2) is 4.98 Å². The molecule has 1 aromatic heterocycles. The van der Waals surface area contributed by atoms with Gasteiger partial charge in [0.25, 0.3) is 11.5 Å². The monoisotopic (exact) mass is 475 g/mol. The Labute approximate surface area is 201 Å². The second-order valence-electron chi connectivity index (χ2n) is 7.27. The number of aromatic amines is 1. The second-order valence-corrected chi connectivity index (χ2v) is 7.67. The Bertz CT molecular complexity index is 1400. The minimum atomic E-state index is -0.285. The molecule has 4 rings (SSSR count). The van der Waals surface area contributed by atoms with Crippen LogP contribution in [0.4, 0.5) is 5.69 Å². The lowest BCUT2D eigenvalue weighted by atomic mass is 10.2. The number of rotatable bonds is 8. The van der Waals surface area contributed by atoms with E-state index in [9.17, 15) is 9.59 Å². The van der Waals surface area contributed by atoms with E-state index < -0.39 is 0 Å². The van der Waals surface area contributed by atoms with Crippen molar-refractivity contribution in [1.29, 1.82) is 0 Å². The molecule has 2 N–H and O–H groups in total. The number of carbonyl (C=O) groups is 1. The third kappa shape index (κ3) is 5.63. The summed E-state index contributed by atoms with van der Waals surface area (Å²) in [4.78, 5) is 31.7. The predicted octanol–water partition coefficient (Wildman–Crippen LogP) is 5.08. The Morgan fingerprint density at radius 3 is 2.59 bits per heavy atom. The van der Waals surface area contributed by atoms with E-state index in [1.807, 2.05) is 31.2 Å². The van der Waals surface area contributed by atoms with Crippen molar-refractivity contribution in [3.63, 3.8) is 0 Å². The van der Waals surface area contributed by atoms with Gasteiger partial charge in [0.05, 0.1) is 22.5 Å². The van der Waals surface area contributed by atoms with Crippen molar-refractivity contribution in [1.82, 2.24) is 9.97 Å². The van der Waals surface area contributed by atoms with E-state index in [1.54, 1.807) is 54.6 Å². The number of fused-ring (bicyclic) bond motifs is 1. The van der Waals surface area contributed by atoms with Crippen LogP contribution in [0.2, 0.25) is 0 Å². The number of hydrogen-bond acceptors (Lipinski definition) is 5. The Kier molecular flexibility index (Phi) is 7.25. The number of para-hydroxylation sites is 2. The van der Waals surface area contributed by atoms with Gasteiger partial charge in [-0.3, -0.25) is 9.59 Å². The van der Waals surface area contributed by atoms with E-state index in [0.29, 0.717) is 40.3 Å². The lowest BCUT2D eigenvalue weighted by molar-refractivity contribution is -0.118. The number of H-pyrrole nitrogens is 1. The maximum absolute atomic E-state index is 12.3. The SMILES string of the molecule is CCOc1cc(/C=C(\Cl)c2nc3ccccc3c(=O)[nH]2)ccc1OCC(=O)Nc1ccccc1. The quantitative estimate of drug-likeness (QED) is 0.371. The van der Waals surface area contributed by atoms with Gasteiger partial charge in [0, 0.05) is 5.69 Å². The van der Waals surface area contributed by atoms with Crippen molar-refractivity contribution in [2.45, 2.75) is 6.92 Å². The van der Waals surface area contributed by atoms with Crippen molar-refractivity contribution in [3.05, 3.63) is 94.5 Å². The average Bonchev–Trinajstić information content (AvgIpc) is 2.84. The first-order valence-electron chi connectivity index (χ1n) is 10.6. The molecule has 0 saturated heterocycles. The molecular formula is C26H22ClN3O4. The van der Waals surface area contributed by atoms with Gasteiger partial charge in [-0.15, -0.1) is 0 Å². The van der Waals surface area contributed by atoms with Gasteiger partial charge >= 0.3 is 0 Å². The first kappa shape index (κ1) is 23.1. The van der Waals surface area contributed by atoms with Gasteiger partial charge in [-0.2, -0.15) is 0 Å². The molecule has 34 heavy (non-hydrogen) atoms. The lowest BCUT2D eigenvalue weighted by Gasteiger charge is -2.13. The van der Waals surface area contributed by atoms with E-state index >= 15 is 0 Å². The van der Waals surface area contributed by atoms with Crippen molar-refractivity contribution >= 4 is 45.2 Å². The molecular weight excluding hydrogens is 454 g/mol. The van der Waals surface area contributed by atoms with E-state index in [1.165, 1.54) is 0 Å². The Morgan fingerprint density at radius 1 is 1.03 bits per heavy atom. The molecule has 1 amide bonds. The van der Waals surface area contributed by atoms with Crippen LogP contribution in [0.5, 0.6) is 11.5 Å². The summed E-state index contributed by atoms with van der Waals surface area (Å²) in [5.41, 5.74) is 1.70. The van der Waals surface area contributed by atoms with Crippen LogP contribution >= 0.6 is 11.6 Å². The fourth-order valence-corrected chi connectivity index (χ4v) is 3.49. The van der Waals surface area contributed by atoms with Gasteiger partial charge in [0.1, 0.15) is 0 Å². The number of halogens is 1. The van der Waals surface area contributed by atoms with Gasteiger partial charge in [-0.05, 0) is 55.0 Å². The molecule has 0 saturated carbocycles. The zero-order valence-electron chi connectivity index (χ0n) is 18.4. The number of hydrogen-bond donors (Lipinski definition) is 2. The number of nitrogens with zero attached hydrogens (tertiary/aromatic N) is 1. The fourth-order valence-electron chi connectivity index (χ4n) is 3.28. The highest BCUT2D eigenvalue weighted by atomic mass is 35.5. The van der Waals surface area contributed by atoms with Crippen molar-refractivity contribution < 1.29 is 14.3 Å². The molecule has 0 aliphatic rings. The standard InChI is InChI=1S/C26H22ClN3O4/c1-2-33-23-15-17(12-13-22(23)34-16-24(31)28-18-8-4-3-5-9-18)14-20(27)25-29-21-11-7-6-10-19(21)26(32)30-25/h3-15H,2,16H2,1H3,(H,28,31)(H,29,30,32)/b20-14-. The van der Waals surface area contributed by atoms with Crippen molar-refractivity contribution in [3.8, 4) is 11.5 Å². The molecule has 172 valence electrons. The summed E-state index contributed by atoms with van der Waals surface area (Å²) in [5.74, 6) is 0.872. The highest BCUT2D eigenvalue weighted by Gasteiger charge is 2.11. The topological polar surface area (TPSA) is 93.3 Å². The fraction of sp³-hybridized carbons (Fsp3) is 0.115. The number of benzene rings is 3. The molecule has 0 radical (unpaired) electrons. The summed E-state index contributed by atoms with van der Waals surface area (Å²) >= 11 is 6.47. The highest BCUT2D eigenvalue weighted by Crippen LogP contribution is 2.30. The predicted molar refractivity (Wildman–Crippen MR) is 134 cm³/mol. The number of nitrogens with one attached hydrogen (secondary N) is 2. The van der Waals surface area contributed by atoms with Crippen LogP contribution in [-0.4, -0.2) is 29.1 Å². The number of ether oxygens (including phenoxy) is 2. The molecule has 0 atom stereocenters. The van der Waals surface area contributed by atoms with Crippen molar-refractivity contribution in [2.75, 3.05) is 18.5 Å². The van der Waals surface area contributed by atoms with Crippen LogP contribution in [0, 0.1) is 0 Å². The first-order chi connectivity index (χ1) is 16.5. The molecule has 8 heteroatoms. The van der Waals surface area contributed by atoms with E-state index in [0.717, 1.165) is 0 Å². The maximum atomic E-state index is 12.3. The third-order valence-corrected chi connectivity index (χ3v) is 5.10. The van der Waals surface area contributed by atoms with Gasteiger partial charge < -0.3 is 19.8 Å². The minimum Gasteiger partial charge on any atom is -0.490 e. The van der Waals surface area contributed by atoms with E-state index in [4.69, 9.17) is 21.1 Å². The van der Waals surface area contributed by atoms with Gasteiger partial charge in [0.2, 0.25) is 0 Å². The number of aromatic nitrogens is 2. The number of anilines is 1. The highest BCUT2D eigenvalue weighted by molar-refractivity contribution is 6.50. The molecule has 0 unspecified atom stereocenters. The third-order valence-electron chi connectivity index (χ3n) is 4.82. The second kappa shape index (κ2) is 10.7. The lowest BCUT2D eigenvalue weighted by Crippen LogP contribution is -2.20. The van der Waals surface area contributed by atoms with Crippen LogP contribution in [-0.2, 0) is 4.79 Å². The van der Waals surface area contributed by atoms with Gasteiger partial charge in [-0.1, -0.05) is 48.0 Å². The average molecular weight is 476 g/mol. The first-order valence-corrected chi connectivity index (χ1v) is 11.0. The molecule has 0 aliphatic heterocycles. The number of carbonyl (C=O) groups excluding carboxylic acids is 1. The molecule has 0 bridgehead atoms. The van der Waals surface area contributed by atoms with Crippen LogP contribution < -0.4 is 20.3 Å². The summed E-state index contributed by atoms with van der Waals surface area (Å²) in [6.07, 6.45) is 1.67. The van der Waals surface area contributed by atoms with E-state index in [2.05, 4.69) is 15.3 Å². The van der Waals surface area contributed by atoms with Crippen LogP contribution in [0.3, 0.4) is 0 Å².